The van der Waals surface area contributed by atoms with Gasteiger partial charge in [-0.05, 0) is 5.21 Å². The highest BCUT2D eigenvalue weighted by atomic mass is 19.1. The molecule has 0 bridgehead atoms. The molecule has 1 fully saturated rings. The number of imide groups is 1. The lowest BCUT2D eigenvalue weighted by molar-refractivity contribution is -0.143. The van der Waals surface area contributed by atoms with Crippen molar-refractivity contribution < 1.29 is 34.1 Å². The molecule has 5 N–H and O–H groups in total. The molecule has 2 aliphatic heterocycles. The van der Waals surface area contributed by atoms with Gasteiger partial charge in [0, 0.05) is 12.6 Å². The van der Waals surface area contributed by atoms with Gasteiger partial charge in [0.1, 0.15) is 43.1 Å². The van der Waals surface area contributed by atoms with E-state index in [0.717, 1.165) is 4.90 Å². The van der Waals surface area contributed by atoms with Crippen molar-refractivity contribution in [3.8, 4) is 11.5 Å². The van der Waals surface area contributed by atoms with E-state index < -0.39 is 62.7 Å². The van der Waals surface area contributed by atoms with Crippen molar-refractivity contribution >= 4 is 62.6 Å². The Balaban J connectivity index is 2.31. The Morgan fingerprint density at radius 1 is 1.10 bits per heavy atom. The van der Waals surface area contributed by atoms with Crippen LogP contribution in [0.1, 0.15) is 15.9 Å². The van der Waals surface area contributed by atoms with Gasteiger partial charge in [0.05, 0.1) is 11.3 Å². The molecular formula is C14H19B5FN3O6. The van der Waals surface area contributed by atoms with Crippen molar-refractivity contribution in [1.82, 2.24) is 10.2 Å². The van der Waals surface area contributed by atoms with Crippen molar-refractivity contribution in [3.63, 3.8) is 0 Å². The Bertz CT molecular complexity index is 985. The fraction of sp³-hybridized carbons (Fsp3) is 0.357. The number of hydrogen-bond acceptors (Lipinski definition) is 7. The average molecular weight is 398 g/mol. The molecule has 1 saturated heterocycles. The fourth-order valence-corrected chi connectivity index (χ4v) is 4.16. The van der Waals surface area contributed by atoms with Gasteiger partial charge in [-0.25, -0.2) is 0 Å². The molecule has 0 spiro atoms. The maximum Gasteiger partial charge on any atom is 0.260 e. The molecular weight excluding hydrogens is 379 g/mol. The third kappa shape index (κ3) is 2.39. The maximum atomic E-state index is 14.3. The number of rotatable bonds is 2. The Morgan fingerprint density at radius 2 is 1.66 bits per heavy atom. The van der Waals surface area contributed by atoms with E-state index in [1.165, 1.54) is 14.9 Å². The van der Waals surface area contributed by atoms with Crippen molar-refractivity contribution in [2.75, 3.05) is 12.4 Å². The summed E-state index contributed by atoms with van der Waals surface area (Å²) in [5.41, 5.74) is -3.32. The van der Waals surface area contributed by atoms with Crippen molar-refractivity contribution in [3.05, 3.63) is 16.9 Å². The van der Waals surface area contributed by atoms with Gasteiger partial charge in [-0.15, -0.1) is 0 Å². The van der Waals surface area contributed by atoms with Gasteiger partial charge in [-0.3, -0.25) is 19.7 Å². The van der Waals surface area contributed by atoms with Crippen LogP contribution >= 0.6 is 0 Å². The number of anilines is 1. The van der Waals surface area contributed by atoms with E-state index in [2.05, 4.69) is 10.6 Å². The molecule has 15 heteroatoms. The number of fused-ring (bicyclic) bond motifs is 1. The number of phenolic OH excluding ortho intramolecular Hbond substituents is 2. The number of carbonyl (C=O) groups is 3. The first-order chi connectivity index (χ1) is 13.1. The van der Waals surface area contributed by atoms with E-state index in [0.29, 0.717) is 0 Å². The first-order valence-electron chi connectivity index (χ1n) is 9.00. The molecule has 1 aromatic carbocycles. The minimum atomic E-state index is -2.21. The van der Waals surface area contributed by atoms with E-state index in [9.17, 15) is 34.1 Å². The van der Waals surface area contributed by atoms with Crippen LogP contribution in [0.4, 0.5) is 10.1 Å². The molecule has 2 heterocycles. The lowest BCUT2D eigenvalue weighted by atomic mass is 9.26. The average Bonchev–Trinajstić information content (AvgIpc) is 2.80. The van der Waals surface area contributed by atoms with Gasteiger partial charge in [0.25, 0.3) is 5.91 Å². The van der Waals surface area contributed by atoms with Gasteiger partial charge in [-0.2, -0.15) is 4.39 Å². The minimum Gasteiger partial charge on any atom is -0.504 e. The SMILES string of the molecule is BC1(O)c2c(NC)c(O)c(F)c(O)c2C(=O)N1[C@@H]1C(=O)NC(=O)C(B)(B)C1(B)B. The summed E-state index contributed by atoms with van der Waals surface area (Å²) < 4.78 is 14.3. The molecule has 9 nitrogen and oxygen atoms in total. The lowest BCUT2D eigenvalue weighted by Crippen LogP contribution is -2.69. The van der Waals surface area contributed by atoms with Gasteiger partial charge in [0.15, 0.2) is 19.3 Å². The van der Waals surface area contributed by atoms with Gasteiger partial charge < -0.3 is 25.5 Å². The molecule has 3 amide bonds. The number of phenols is 2. The first-order valence-corrected chi connectivity index (χ1v) is 9.00. The normalized spacial score (nSPS) is 27.5. The molecule has 29 heavy (non-hydrogen) atoms. The summed E-state index contributed by atoms with van der Waals surface area (Å²) in [6.07, 6.45) is 0. The Labute approximate surface area is 170 Å². The Morgan fingerprint density at radius 3 is 2.17 bits per heavy atom. The maximum absolute atomic E-state index is 14.3. The molecule has 0 radical (unpaired) electrons. The highest BCUT2D eigenvalue weighted by Gasteiger charge is 2.62. The number of aromatic hydroxyl groups is 2. The van der Waals surface area contributed by atoms with Crippen LogP contribution in [0.2, 0.25) is 10.4 Å². The number of aliphatic hydroxyl groups is 1. The minimum absolute atomic E-state index is 0.264. The number of piperidine rings is 1. The van der Waals surface area contributed by atoms with Crippen LogP contribution in [0.15, 0.2) is 0 Å². The van der Waals surface area contributed by atoms with Crippen molar-refractivity contribution in [2.45, 2.75) is 22.1 Å². The third-order valence-corrected chi connectivity index (χ3v) is 6.62. The van der Waals surface area contributed by atoms with Crippen molar-refractivity contribution in [2.24, 2.45) is 0 Å². The van der Waals surface area contributed by atoms with E-state index in [1.54, 1.807) is 31.4 Å². The molecule has 0 saturated carbocycles. The zero-order chi connectivity index (χ0) is 22.3. The Kier molecular flexibility index (Phi) is 4.36. The number of amides is 3. The van der Waals surface area contributed by atoms with Crippen LogP contribution in [0.3, 0.4) is 0 Å². The number of nitrogens with one attached hydrogen (secondary N) is 2. The standard InChI is InChI=1S/C14H19B5FN3O6/c1-21-5-3-2(6(24)4(20)7(5)25)10(27)23(14(3,19)29)8-9(26)22-11(28)13(17,18)12(8,15)16/h8,21,24-25,29H,15-19H2,1H3,(H,22,26,28)/t8-,14?/m1/s1. The smallest absolute Gasteiger partial charge is 0.260 e. The lowest BCUT2D eigenvalue weighted by Gasteiger charge is -2.54. The molecule has 2 aliphatic rings. The van der Waals surface area contributed by atoms with Crippen LogP contribution in [0, 0.1) is 5.82 Å². The molecule has 0 aromatic heterocycles. The monoisotopic (exact) mass is 399 g/mol. The third-order valence-electron chi connectivity index (χ3n) is 6.62. The van der Waals surface area contributed by atoms with E-state index in [-0.39, 0.29) is 11.3 Å². The highest BCUT2D eigenvalue weighted by molar-refractivity contribution is 6.63. The predicted octanol–water partition coefficient (Wildman–Crippen LogP) is -5.74. The van der Waals surface area contributed by atoms with Crippen LogP contribution in [0.25, 0.3) is 0 Å². The topological polar surface area (TPSA) is 139 Å². The number of benzene rings is 1. The zero-order valence-corrected chi connectivity index (χ0v) is 17.0. The number of hydrogen-bond donors (Lipinski definition) is 5. The summed E-state index contributed by atoms with van der Waals surface area (Å²) in [7, 11) is 8.96. The van der Waals surface area contributed by atoms with Gasteiger partial charge in [-0.1, -0.05) is 5.21 Å². The highest BCUT2D eigenvalue weighted by Crippen LogP contribution is 2.55. The van der Waals surface area contributed by atoms with Crippen molar-refractivity contribution in [1.29, 1.82) is 0 Å². The van der Waals surface area contributed by atoms with Gasteiger partial charge >= 0.3 is 0 Å². The predicted molar refractivity (Wildman–Crippen MR) is 114 cm³/mol. The van der Waals surface area contributed by atoms with Crippen LogP contribution in [0.5, 0.6) is 11.5 Å². The molecule has 148 valence electrons. The van der Waals surface area contributed by atoms with Gasteiger partial charge in [0.2, 0.25) is 17.6 Å². The molecule has 0 aliphatic carbocycles. The summed E-state index contributed by atoms with van der Waals surface area (Å²) in [6, 6.07) is -1.33. The summed E-state index contributed by atoms with van der Waals surface area (Å²) in [5, 5.41) is 34.1. The molecule has 3 rings (SSSR count). The van der Waals surface area contributed by atoms with E-state index in [4.69, 9.17) is 0 Å². The number of halogens is 1. The second-order valence-corrected chi connectivity index (χ2v) is 8.65. The first kappa shape index (κ1) is 21.2. The zero-order valence-electron chi connectivity index (χ0n) is 17.0. The Hall–Kier alpha value is -2.56. The fourth-order valence-electron chi connectivity index (χ4n) is 4.16. The van der Waals surface area contributed by atoms with E-state index >= 15 is 0 Å². The second-order valence-electron chi connectivity index (χ2n) is 8.65. The number of carbonyl (C=O) groups excluding carboxylic acids is 3. The molecule has 1 unspecified atom stereocenters. The second kappa shape index (κ2) is 5.97. The molecule has 1 aromatic rings. The van der Waals surface area contributed by atoms with E-state index in [1.807, 2.05) is 0 Å². The summed E-state index contributed by atoms with van der Waals surface area (Å²) in [6.45, 7) is 0. The van der Waals surface area contributed by atoms with Crippen LogP contribution < -0.4 is 10.6 Å². The molecule has 2 atom stereocenters. The number of nitrogens with zero attached hydrogens (tertiary/aromatic N) is 1. The largest absolute Gasteiger partial charge is 0.504 e. The summed E-state index contributed by atoms with van der Waals surface area (Å²) >= 11 is 0. The van der Waals surface area contributed by atoms with Crippen LogP contribution in [-0.2, 0) is 15.2 Å². The summed E-state index contributed by atoms with van der Waals surface area (Å²) in [5.74, 6) is -5.88. The van der Waals surface area contributed by atoms with Crippen LogP contribution in [-0.4, -0.2) is 90.3 Å². The summed E-state index contributed by atoms with van der Waals surface area (Å²) in [4.78, 5) is 39.3. The quantitative estimate of drug-likeness (QED) is 0.145.